The molecule has 1 amide bonds. The van der Waals surface area contributed by atoms with Gasteiger partial charge in [-0.2, -0.15) is 10.1 Å². The molecule has 100 valence electrons. The van der Waals surface area contributed by atoms with Gasteiger partial charge >= 0.3 is 0 Å². The van der Waals surface area contributed by atoms with Crippen LogP contribution < -0.4 is 10.6 Å². The molecule has 0 unspecified atom stereocenters. The summed E-state index contributed by atoms with van der Waals surface area (Å²) >= 11 is 0. The Kier molecular flexibility index (Phi) is 3.74. The van der Waals surface area contributed by atoms with Gasteiger partial charge in [0.25, 0.3) is 5.91 Å². The summed E-state index contributed by atoms with van der Waals surface area (Å²) in [5, 5.41) is 9.78. The summed E-state index contributed by atoms with van der Waals surface area (Å²) in [6.45, 7) is 4.61. The van der Waals surface area contributed by atoms with Crippen LogP contribution in [0.4, 0.5) is 5.95 Å². The number of carbonyl (C=O) groups is 1. The van der Waals surface area contributed by atoms with E-state index in [1.807, 2.05) is 13.8 Å². The summed E-state index contributed by atoms with van der Waals surface area (Å²) in [6, 6.07) is 1.65. The van der Waals surface area contributed by atoms with E-state index in [-0.39, 0.29) is 5.91 Å². The number of hydrogen-bond acceptors (Lipinski definition) is 5. The predicted molar refractivity (Wildman–Crippen MR) is 71.4 cm³/mol. The van der Waals surface area contributed by atoms with Crippen LogP contribution in [-0.2, 0) is 0 Å². The van der Waals surface area contributed by atoms with Gasteiger partial charge in [-0.05, 0) is 19.9 Å². The molecule has 0 aliphatic carbocycles. The Morgan fingerprint density at radius 3 is 2.95 bits per heavy atom. The molecular weight excluding hydrogens is 244 g/mol. The van der Waals surface area contributed by atoms with Crippen molar-refractivity contribution in [3.05, 3.63) is 29.7 Å². The molecule has 2 aromatic rings. The second-order valence-corrected chi connectivity index (χ2v) is 3.96. The van der Waals surface area contributed by atoms with Crippen molar-refractivity contribution in [2.45, 2.75) is 13.8 Å². The van der Waals surface area contributed by atoms with Gasteiger partial charge in [0.2, 0.25) is 5.95 Å². The van der Waals surface area contributed by atoms with Crippen molar-refractivity contribution in [3.63, 3.8) is 0 Å². The van der Waals surface area contributed by atoms with E-state index in [2.05, 4.69) is 25.7 Å². The van der Waals surface area contributed by atoms with Crippen molar-refractivity contribution in [1.82, 2.24) is 25.1 Å². The van der Waals surface area contributed by atoms with E-state index in [0.717, 1.165) is 12.1 Å². The van der Waals surface area contributed by atoms with Gasteiger partial charge in [-0.15, -0.1) is 0 Å². The van der Waals surface area contributed by atoms with Crippen LogP contribution in [0.1, 0.15) is 23.0 Å². The second kappa shape index (κ2) is 5.47. The minimum atomic E-state index is -0.225. The molecule has 0 spiro atoms. The van der Waals surface area contributed by atoms with Gasteiger partial charge in [0.15, 0.2) is 11.5 Å². The smallest absolute Gasteiger partial charge is 0.271 e. The molecule has 0 fully saturated rings. The lowest BCUT2D eigenvalue weighted by Gasteiger charge is -2.07. The summed E-state index contributed by atoms with van der Waals surface area (Å²) in [6.07, 6.45) is 3.43. The van der Waals surface area contributed by atoms with Gasteiger partial charge in [-0.25, -0.2) is 9.67 Å². The number of amides is 1. The number of rotatable bonds is 4. The Balaban J connectivity index is 2.37. The topological polar surface area (TPSA) is 84.7 Å². The highest BCUT2D eigenvalue weighted by Gasteiger charge is 2.11. The van der Waals surface area contributed by atoms with E-state index in [1.165, 1.54) is 0 Å². The van der Waals surface area contributed by atoms with E-state index < -0.39 is 0 Å². The number of anilines is 1. The van der Waals surface area contributed by atoms with Crippen LogP contribution in [0.3, 0.4) is 0 Å². The SMILES string of the molecule is CCNc1ncc(C)c(-n2ccc(C(=O)NC)n2)n1. The van der Waals surface area contributed by atoms with Crippen molar-refractivity contribution in [1.29, 1.82) is 0 Å². The van der Waals surface area contributed by atoms with Crippen molar-refractivity contribution in [3.8, 4) is 5.82 Å². The third-order valence-corrected chi connectivity index (χ3v) is 2.55. The van der Waals surface area contributed by atoms with Crippen LogP contribution in [-0.4, -0.2) is 39.2 Å². The lowest BCUT2D eigenvalue weighted by Crippen LogP contribution is -2.18. The fraction of sp³-hybridized carbons (Fsp3) is 0.333. The van der Waals surface area contributed by atoms with Gasteiger partial charge in [0, 0.05) is 31.5 Å². The van der Waals surface area contributed by atoms with Gasteiger partial charge in [-0.1, -0.05) is 0 Å². The third-order valence-electron chi connectivity index (χ3n) is 2.55. The first kappa shape index (κ1) is 13.0. The number of aryl methyl sites for hydroxylation is 1. The molecule has 7 heteroatoms. The molecule has 0 aromatic carbocycles. The maximum absolute atomic E-state index is 11.5. The average Bonchev–Trinajstić information content (AvgIpc) is 2.90. The Morgan fingerprint density at radius 1 is 1.47 bits per heavy atom. The van der Waals surface area contributed by atoms with Crippen LogP contribution in [0.25, 0.3) is 5.82 Å². The summed E-state index contributed by atoms with van der Waals surface area (Å²) < 4.78 is 1.57. The van der Waals surface area contributed by atoms with Gasteiger partial charge in [0.05, 0.1) is 0 Å². The number of nitrogens with one attached hydrogen (secondary N) is 2. The standard InChI is InChI=1S/C12H16N6O/c1-4-14-12-15-7-8(2)10(16-12)18-6-5-9(17-18)11(19)13-3/h5-7H,4H2,1-3H3,(H,13,19)(H,14,15,16). The molecule has 7 nitrogen and oxygen atoms in total. The number of carbonyl (C=O) groups excluding carboxylic acids is 1. The molecule has 0 bridgehead atoms. The van der Waals surface area contributed by atoms with Crippen molar-refractivity contribution < 1.29 is 4.79 Å². The zero-order chi connectivity index (χ0) is 13.8. The Hall–Kier alpha value is -2.44. The molecule has 19 heavy (non-hydrogen) atoms. The third kappa shape index (κ3) is 2.70. The highest BCUT2D eigenvalue weighted by Crippen LogP contribution is 2.12. The summed E-state index contributed by atoms with van der Waals surface area (Å²) in [5.74, 6) is 0.971. The summed E-state index contributed by atoms with van der Waals surface area (Å²) in [5.41, 5.74) is 1.23. The quantitative estimate of drug-likeness (QED) is 0.848. The number of hydrogen-bond donors (Lipinski definition) is 2. The Morgan fingerprint density at radius 2 is 2.26 bits per heavy atom. The minimum absolute atomic E-state index is 0.225. The van der Waals surface area contributed by atoms with E-state index in [9.17, 15) is 4.79 Å². The van der Waals surface area contributed by atoms with Gasteiger partial charge < -0.3 is 10.6 Å². The summed E-state index contributed by atoms with van der Waals surface area (Å²) in [4.78, 5) is 20.0. The first-order valence-corrected chi connectivity index (χ1v) is 6.01. The zero-order valence-corrected chi connectivity index (χ0v) is 11.1. The van der Waals surface area contributed by atoms with Gasteiger partial charge in [0.1, 0.15) is 0 Å². The molecule has 2 aromatic heterocycles. The normalized spacial score (nSPS) is 10.3. The second-order valence-electron chi connectivity index (χ2n) is 3.96. The predicted octanol–water partition coefficient (Wildman–Crippen LogP) is 0.762. The molecule has 0 radical (unpaired) electrons. The molecule has 0 aliphatic rings. The fourth-order valence-electron chi connectivity index (χ4n) is 1.60. The fourth-order valence-corrected chi connectivity index (χ4v) is 1.60. The van der Waals surface area contributed by atoms with E-state index in [4.69, 9.17) is 0 Å². The Bertz CT molecular complexity index is 592. The lowest BCUT2D eigenvalue weighted by atomic mass is 10.3. The maximum Gasteiger partial charge on any atom is 0.271 e. The number of aromatic nitrogens is 4. The molecule has 2 heterocycles. The molecule has 2 N–H and O–H groups in total. The highest BCUT2D eigenvalue weighted by atomic mass is 16.1. The molecule has 0 atom stereocenters. The van der Waals surface area contributed by atoms with Gasteiger partial charge in [-0.3, -0.25) is 4.79 Å². The molecular formula is C12H16N6O. The van der Waals surface area contributed by atoms with Crippen LogP contribution in [0.5, 0.6) is 0 Å². The summed E-state index contributed by atoms with van der Waals surface area (Å²) in [7, 11) is 1.57. The molecule has 0 aliphatic heterocycles. The first-order valence-electron chi connectivity index (χ1n) is 6.01. The molecule has 0 saturated carbocycles. The van der Waals surface area contributed by atoms with Crippen LogP contribution in [0, 0.1) is 6.92 Å². The number of nitrogens with zero attached hydrogens (tertiary/aromatic N) is 4. The minimum Gasteiger partial charge on any atom is -0.354 e. The first-order chi connectivity index (χ1) is 9.15. The van der Waals surface area contributed by atoms with Crippen molar-refractivity contribution >= 4 is 11.9 Å². The van der Waals surface area contributed by atoms with Crippen LogP contribution in [0.15, 0.2) is 18.5 Å². The van der Waals surface area contributed by atoms with Crippen molar-refractivity contribution in [2.24, 2.45) is 0 Å². The van der Waals surface area contributed by atoms with E-state index >= 15 is 0 Å². The molecule has 2 rings (SSSR count). The van der Waals surface area contributed by atoms with E-state index in [0.29, 0.717) is 17.5 Å². The average molecular weight is 260 g/mol. The van der Waals surface area contributed by atoms with Crippen LogP contribution >= 0.6 is 0 Å². The Labute approximate surface area is 111 Å². The van der Waals surface area contributed by atoms with Crippen LogP contribution in [0.2, 0.25) is 0 Å². The largest absolute Gasteiger partial charge is 0.354 e. The highest BCUT2D eigenvalue weighted by molar-refractivity contribution is 5.91. The zero-order valence-electron chi connectivity index (χ0n) is 11.1. The lowest BCUT2D eigenvalue weighted by molar-refractivity contribution is 0.0957. The monoisotopic (exact) mass is 260 g/mol. The molecule has 0 saturated heterocycles. The van der Waals surface area contributed by atoms with E-state index in [1.54, 1.807) is 30.2 Å². The maximum atomic E-state index is 11.5. The van der Waals surface area contributed by atoms with Crippen molar-refractivity contribution in [2.75, 3.05) is 18.9 Å².